The molecule has 0 bridgehead atoms. The number of aliphatic hydroxyl groups excluding tert-OH is 1. The normalized spacial score (nSPS) is 29.2. The number of carboxylic acids is 1. The Kier molecular flexibility index (Phi) is 3.31. The molecule has 5 rings (SSSR count). The van der Waals surface area contributed by atoms with E-state index in [0.717, 1.165) is 18.9 Å². The molecule has 3 atom stereocenters. The van der Waals surface area contributed by atoms with Crippen LogP contribution in [-0.4, -0.2) is 59.1 Å². The molecule has 4 aliphatic rings. The third-order valence-electron chi connectivity index (χ3n) is 5.93. The molecule has 0 aromatic heterocycles. The van der Waals surface area contributed by atoms with Crippen LogP contribution in [0.4, 0.5) is 21.5 Å². The smallest absolute Gasteiger partial charge is 0.316 e. The number of fused-ring (bicyclic) bond motifs is 5. The molecule has 1 amide bonds. The van der Waals surface area contributed by atoms with Gasteiger partial charge in [-0.25, -0.2) is 4.39 Å². The molecule has 9 heteroatoms. The van der Waals surface area contributed by atoms with Crippen LogP contribution in [0.25, 0.3) is 0 Å². The number of ketones is 1. The number of aliphatic carboxylic acids is 1. The van der Waals surface area contributed by atoms with Gasteiger partial charge in [-0.1, -0.05) is 0 Å². The highest BCUT2D eigenvalue weighted by molar-refractivity contribution is 6.18. The number of carbonyl (C=O) groups is 3. The molecule has 0 radical (unpaired) electrons. The zero-order valence-corrected chi connectivity index (χ0v) is 14.3. The number of rotatable bonds is 2. The van der Waals surface area contributed by atoms with Crippen molar-refractivity contribution in [3.63, 3.8) is 0 Å². The Morgan fingerprint density at radius 3 is 2.59 bits per heavy atom. The predicted molar refractivity (Wildman–Crippen MR) is 92.6 cm³/mol. The predicted octanol–water partition coefficient (Wildman–Crippen LogP) is 0.583. The van der Waals surface area contributed by atoms with E-state index in [9.17, 15) is 24.6 Å². The topological polar surface area (TPSA) is 110 Å². The fourth-order valence-electron chi connectivity index (χ4n) is 4.52. The van der Waals surface area contributed by atoms with Gasteiger partial charge in [0.1, 0.15) is 17.8 Å². The highest BCUT2D eigenvalue weighted by Crippen LogP contribution is 2.50. The minimum absolute atomic E-state index is 0.00436. The van der Waals surface area contributed by atoms with Crippen molar-refractivity contribution >= 4 is 34.7 Å². The first-order chi connectivity index (χ1) is 12.9. The Bertz CT molecular complexity index is 899. The molecule has 0 spiro atoms. The Labute approximate surface area is 153 Å². The SMILES string of the molecule is O=C(O)C1CN(C2CC2)c2c(cc(F)c3c2NC(=O)C2C(O)CCN32)C1=O. The Balaban J connectivity index is 1.72. The zero-order valence-electron chi connectivity index (χ0n) is 14.3. The summed E-state index contributed by atoms with van der Waals surface area (Å²) in [6.45, 7) is 0.336. The van der Waals surface area contributed by atoms with Crippen LogP contribution in [0.2, 0.25) is 0 Å². The number of nitrogens with one attached hydrogen (secondary N) is 1. The van der Waals surface area contributed by atoms with Gasteiger partial charge < -0.3 is 25.3 Å². The first kappa shape index (κ1) is 16.5. The fourth-order valence-corrected chi connectivity index (χ4v) is 4.52. The second kappa shape index (κ2) is 5.41. The number of Topliss-reactive ketones (excluding diaryl/α,β-unsaturated/α-hetero) is 1. The van der Waals surface area contributed by atoms with Crippen LogP contribution in [0.1, 0.15) is 29.6 Å². The molecular formula is C18H18FN3O5. The molecule has 3 unspecified atom stereocenters. The number of nitrogens with zero attached hydrogens (tertiary/aromatic N) is 2. The van der Waals surface area contributed by atoms with Crippen LogP contribution in [-0.2, 0) is 9.59 Å². The van der Waals surface area contributed by atoms with Gasteiger partial charge in [-0.3, -0.25) is 14.4 Å². The van der Waals surface area contributed by atoms with E-state index >= 15 is 4.39 Å². The van der Waals surface area contributed by atoms with Crippen molar-refractivity contribution in [2.45, 2.75) is 37.5 Å². The van der Waals surface area contributed by atoms with Gasteiger partial charge in [-0.15, -0.1) is 0 Å². The molecule has 2 fully saturated rings. The molecule has 27 heavy (non-hydrogen) atoms. The fraction of sp³-hybridized carbons (Fsp3) is 0.500. The monoisotopic (exact) mass is 375 g/mol. The second-order valence-electron chi connectivity index (χ2n) is 7.60. The third kappa shape index (κ3) is 2.21. The van der Waals surface area contributed by atoms with Gasteiger partial charge >= 0.3 is 5.97 Å². The van der Waals surface area contributed by atoms with Gasteiger partial charge in [0.05, 0.1) is 23.2 Å². The summed E-state index contributed by atoms with van der Waals surface area (Å²) in [5.74, 6) is -4.27. The number of hydrogen-bond acceptors (Lipinski definition) is 6. The highest BCUT2D eigenvalue weighted by atomic mass is 19.1. The third-order valence-corrected chi connectivity index (χ3v) is 5.93. The zero-order chi connectivity index (χ0) is 19.0. The summed E-state index contributed by atoms with van der Waals surface area (Å²) in [5, 5.41) is 22.2. The lowest BCUT2D eigenvalue weighted by molar-refractivity contribution is -0.139. The quantitative estimate of drug-likeness (QED) is 0.649. The van der Waals surface area contributed by atoms with Gasteiger partial charge in [0.25, 0.3) is 0 Å². The van der Waals surface area contributed by atoms with Crippen LogP contribution in [0, 0.1) is 11.7 Å². The number of benzene rings is 1. The summed E-state index contributed by atoms with van der Waals surface area (Å²) < 4.78 is 15.0. The van der Waals surface area contributed by atoms with E-state index in [1.165, 1.54) is 0 Å². The van der Waals surface area contributed by atoms with Gasteiger partial charge in [0, 0.05) is 24.7 Å². The lowest BCUT2D eigenvalue weighted by atomic mass is 9.88. The number of hydrogen-bond donors (Lipinski definition) is 3. The summed E-state index contributed by atoms with van der Waals surface area (Å²) in [7, 11) is 0. The molecule has 3 N–H and O–H groups in total. The van der Waals surface area contributed by atoms with E-state index in [4.69, 9.17) is 0 Å². The first-order valence-electron chi connectivity index (χ1n) is 9.04. The summed E-state index contributed by atoms with van der Waals surface area (Å²) in [6, 6.07) is 0.303. The number of anilines is 3. The minimum atomic E-state index is -1.25. The molecule has 3 heterocycles. The van der Waals surface area contributed by atoms with Crippen molar-refractivity contribution < 1.29 is 29.0 Å². The standard InChI is InChI=1S/C18H18FN3O5/c19-10-5-8-13(22(7-1-2-7)6-9(16(8)24)18(26)27)12-14(10)21-4-3-11(23)15(21)17(25)20-12/h5,7,9,11,15,23H,1-4,6H2,(H,20,25)(H,26,27). The van der Waals surface area contributed by atoms with Crippen LogP contribution < -0.4 is 15.1 Å². The molecule has 3 aliphatic heterocycles. The summed E-state index contributed by atoms with van der Waals surface area (Å²) in [5.41, 5.74) is 0.784. The molecule has 1 aromatic rings. The minimum Gasteiger partial charge on any atom is -0.481 e. The van der Waals surface area contributed by atoms with Crippen molar-refractivity contribution in [1.29, 1.82) is 0 Å². The van der Waals surface area contributed by atoms with E-state index in [2.05, 4.69) is 5.32 Å². The number of aliphatic hydroxyl groups is 1. The number of amides is 1. The van der Waals surface area contributed by atoms with Gasteiger partial charge in [-0.05, 0) is 25.3 Å². The highest BCUT2D eigenvalue weighted by Gasteiger charge is 2.49. The lowest BCUT2D eigenvalue weighted by Crippen LogP contribution is -2.51. The number of halogens is 1. The van der Waals surface area contributed by atoms with E-state index < -0.39 is 41.5 Å². The average molecular weight is 375 g/mol. The summed E-state index contributed by atoms with van der Waals surface area (Å²) in [6.07, 6.45) is 1.17. The number of carboxylic acid groups (broad SMARTS) is 1. The van der Waals surface area contributed by atoms with Crippen LogP contribution in [0.3, 0.4) is 0 Å². The second-order valence-corrected chi connectivity index (χ2v) is 7.60. The van der Waals surface area contributed by atoms with E-state index in [1.807, 2.05) is 4.90 Å². The van der Waals surface area contributed by atoms with Crippen molar-refractivity contribution in [2.24, 2.45) is 5.92 Å². The summed E-state index contributed by atoms with van der Waals surface area (Å²) in [4.78, 5) is 40.2. The molecule has 1 aliphatic carbocycles. The lowest BCUT2D eigenvalue weighted by Gasteiger charge is -2.40. The van der Waals surface area contributed by atoms with Gasteiger partial charge in [-0.2, -0.15) is 0 Å². The van der Waals surface area contributed by atoms with E-state index in [0.29, 0.717) is 18.7 Å². The maximum absolute atomic E-state index is 15.0. The van der Waals surface area contributed by atoms with Crippen LogP contribution in [0.5, 0.6) is 0 Å². The maximum atomic E-state index is 15.0. The van der Waals surface area contributed by atoms with Crippen LogP contribution >= 0.6 is 0 Å². The van der Waals surface area contributed by atoms with Crippen LogP contribution in [0.15, 0.2) is 6.07 Å². The molecule has 8 nitrogen and oxygen atoms in total. The van der Waals surface area contributed by atoms with Crippen molar-refractivity contribution in [2.75, 3.05) is 28.2 Å². The van der Waals surface area contributed by atoms with Crippen molar-refractivity contribution in [3.8, 4) is 0 Å². The molecular weight excluding hydrogens is 357 g/mol. The largest absolute Gasteiger partial charge is 0.481 e. The Hall–Kier alpha value is -2.68. The molecule has 1 saturated heterocycles. The summed E-state index contributed by atoms with van der Waals surface area (Å²) >= 11 is 0. The number of carbonyl (C=O) groups excluding carboxylic acids is 2. The molecule has 142 valence electrons. The van der Waals surface area contributed by atoms with E-state index in [1.54, 1.807) is 4.90 Å². The molecule has 1 saturated carbocycles. The van der Waals surface area contributed by atoms with Crippen molar-refractivity contribution in [3.05, 3.63) is 17.4 Å². The Morgan fingerprint density at radius 1 is 1.19 bits per heavy atom. The van der Waals surface area contributed by atoms with E-state index in [-0.39, 0.29) is 29.5 Å². The van der Waals surface area contributed by atoms with Gasteiger partial charge in [0.2, 0.25) is 5.91 Å². The molecule has 1 aromatic carbocycles. The maximum Gasteiger partial charge on any atom is 0.316 e. The average Bonchev–Trinajstić information content (AvgIpc) is 3.38. The van der Waals surface area contributed by atoms with Crippen molar-refractivity contribution in [1.82, 2.24) is 0 Å². The first-order valence-corrected chi connectivity index (χ1v) is 9.04. The van der Waals surface area contributed by atoms with Gasteiger partial charge in [0.15, 0.2) is 5.78 Å². The Morgan fingerprint density at radius 2 is 1.93 bits per heavy atom.